The standard InChI is InChI=1S/C27H35N3O/c1-3-15-28(16-4-2)17-18-29-19-21-30(22-20-29)23-26(31)27(24-11-7-5-8-12-24)25-13-9-6-10-14-25/h3-14,27H,1-2,15-23H2. The van der Waals surface area contributed by atoms with E-state index in [4.69, 9.17) is 0 Å². The van der Waals surface area contributed by atoms with Crippen molar-refractivity contribution in [2.75, 3.05) is 58.9 Å². The predicted octanol–water partition coefficient (Wildman–Crippen LogP) is 3.68. The summed E-state index contributed by atoms with van der Waals surface area (Å²) in [6.45, 7) is 15.9. The maximum Gasteiger partial charge on any atom is 0.158 e. The zero-order chi connectivity index (χ0) is 21.9. The number of carbonyl (C=O) groups is 1. The highest BCUT2D eigenvalue weighted by atomic mass is 16.1. The fraction of sp³-hybridized carbons (Fsp3) is 0.370. The third-order valence-electron chi connectivity index (χ3n) is 5.94. The average Bonchev–Trinajstić information content (AvgIpc) is 2.80. The first-order valence-electron chi connectivity index (χ1n) is 11.2. The van der Waals surface area contributed by atoms with E-state index in [-0.39, 0.29) is 11.7 Å². The van der Waals surface area contributed by atoms with Crippen LogP contribution in [0.3, 0.4) is 0 Å². The van der Waals surface area contributed by atoms with Crippen molar-refractivity contribution in [1.29, 1.82) is 0 Å². The maximum absolute atomic E-state index is 13.4. The number of hydrogen-bond donors (Lipinski definition) is 0. The summed E-state index contributed by atoms with van der Waals surface area (Å²) in [7, 11) is 0. The fourth-order valence-corrected chi connectivity index (χ4v) is 4.24. The Kier molecular flexibility index (Phi) is 9.22. The Morgan fingerprint density at radius 1 is 0.839 bits per heavy atom. The van der Waals surface area contributed by atoms with Gasteiger partial charge in [-0.2, -0.15) is 0 Å². The second-order valence-electron chi connectivity index (χ2n) is 8.18. The number of nitrogens with zero attached hydrogens (tertiary/aromatic N) is 3. The summed E-state index contributed by atoms with van der Waals surface area (Å²) in [6.07, 6.45) is 3.89. The van der Waals surface area contributed by atoms with Gasteiger partial charge in [-0.1, -0.05) is 72.8 Å². The minimum Gasteiger partial charge on any atom is -0.300 e. The summed E-state index contributed by atoms with van der Waals surface area (Å²) in [5.41, 5.74) is 2.14. The second kappa shape index (κ2) is 12.4. The van der Waals surface area contributed by atoms with Gasteiger partial charge in [-0.25, -0.2) is 0 Å². The number of hydrogen-bond acceptors (Lipinski definition) is 4. The Balaban J connectivity index is 1.54. The van der Waals surface area contributed by atoms with E-state index in [9.17, 15) is 4.79 Å². The maximum atomic E-state index is 13.4. The van der Waals surface area contributed by atoms with Crippen LogP contribution in [-0.4, -0.2) is 79.4 Å². The fourth-order valence-electron chi connectivity index (χ4n) is 4.24. The van der Waals surface area contributed by atoms with Gasteiger partial charge in [-0.15, -0.1) is 13.2 Å². The molecule has 0 spiro atoms. The van der Waals surface area contributed by atoms with Crippen molar-refractivity contribution in [3.8, 4) is 0 Å². The van der Waals surface area contributed by atoms with Crippen molar-refractivity contribution in [3.05, 3.63) is 97.1 Å². The molecule has 1 saturated heterocycles. The van der Waals surface area contributed by atoms with Gasteiger partial charge in [0.2, 0.25) is 0 Å². The molecule has 2 aromatic rings. The molecule has 164 valence electrons. The summed E-state index contributed by atoms with van der Waals surface area (Å²) in [4.78, 5) is 20.5. The molecule has 31 heavy (non-hydrogen) atoms. The molecule has 1 heterocycles. The molecule has 4 heteroatoms. The molecule has 1 aliphatic rings. The van der Waals surface area contributed by atoms with E-state index in [0.29, 0.717) is 6.54 Å². The van der Waals surface area contributed by atoms with Crippen molar-refractivity contribution in [2.24, 2.45) is 0 Å². The first kappa shape index (κ1) is 23.1. The van der Waals surface area contributed by atoms with E-state index in [0.717, 1.165) is 63.5 Å². The van der Waals surface area contributed by atoms with Crippen LogP contribution >= 0.6 is 0 Å². The van der Waals surface area contributed by atoms with Gasteiger partial charge in [0.1, 0.15) is 0 Å². The number of benzene rings is 2. The molecule has 0 atom stereocenters. The predicted molar refractivity (Wildman–Crippen MR) is 129 cm³/mol. The normalized spacial score (nSPS) is 15.3. The Labute approximate surface area is 187 Å². The van der Waals surface area contributed by atoms with E-state index >= 15 is 0 Å². The van der Waals surface area contributed by atoms with E-state index < -0.39 is 0 Å². The smallest absolute Gasteiger partial charge is 0.158 e. The van der Waals surface area contributed by atoms with Crippen LogP contribution in [0, 0.1) is 0 Å². The van der Waals surface area contributed by atoms with Gasteiger partial charge in [0.05, 0.1) is 12.5 Å². The SMILES string of the molecule is C=CCN(CC=C)CCN1CCN(CC(=O)C(c2ccccc2)c2ccccc2)CC1. The number of piperazine rings is 1. The highest BCUT2D eigenvalue weighted by Gasteiger charge is 2.26. The van der Waals surface area contributed by atoms with Gasteiger partial charge >= 0.3 is 0 Å². The number of Topliss-reactive ketones (excluding diaryl/α,β-unsaturated/α-hetero) is 1. The molecule has 0 aliphatic carbocycles. The molecule has 0 unspecified atom stereocenters. The lowest BCUT2D eigenvalue weighted by atomic mass is 9.87. The van der Waals surface area contributed by atoms with Gasteiger partial charge in [0.25, 0.3) is 0 Å². The van der Waals surface area contributed by atoms with Gasteiger partial charge < -0.3 is 0 Å². The van der Waals surface area contributed by atoms with E-state index in [1.165, 1.54) is 0 Å². The topological polar surface area (TPSA) is 26.8 Å². The molecule has 0 aromatic heterocycles. The van der Waals surface area contributed by atoms with Gasteiger partial charge in [-0.3, -0.25) is 19.5 Å². The van der Waals surface area contributed by atoms with Crippen molar-refractivity contribution in [1.82, 2.24) is 14.7 Å². The van der Waals surface area contributed by atoms with Gasteiger partial charge in [-0.05, 0) is 11.1 Å². The average molecular weight is 418 g/mol. The summed E-state index contributed by atoms with van der Waals surface area (Å²) < 4.78 is 0. The van der Waals surface area contributed by atoms with Crippen LogP contribution in [0.25, 0.3) is 0 Å². The Hall–Kier alpha value is -2.53. The third kappa shape index (κ3) is 7.00. The van der Waals surface area contributed by atoms with Gasteiger partial charge in [0.15, 0.2) is 5.78 Å². The molecule has 0 N–H and O–H groups in total. The van der Waals surface area contributed by atoms with Crippen LogP contribution in [0.15, 0.2) is 86.0 Å². The van der Waals surface area contributed by atoms with Crippen molar-refractivity contribution in [2.45, 2.75) is 5.92 Å². The lowest BCUT2D eigenvalue weighted by Gasteiger charge is -2.35. The highest BCUT2D eigenvalue weighted by Crippen LogP contribution is 2.26. The minimum absolute atomic E-state index is 0.202. The Bertz CT molecular complexity index is 763. The molecule has 1 aliphatic heterocycles. The minimum atomic E-state index is -0.202. The molecule has 2 aromatic carbocycles. The second-order valence-corrected chi connectivity index (χ2v) is 8.18. The molecule has 3 rings (SSSR count). The monoisotopic (exact) mass is 417 g/mol. The first-order chi connectivity index (χ1) is 15.2. The Morgan fingerprint density at radius 3 is 1.81 bits per heavy atom. The largest absolute Gasteiger partial charge is 0.300 e. The number of ketones is 1. The Morgan fingerprint density at radius 2 is 1.32 bits per heavy atom. The molecule has 0 radical (unpaired) electrons. The van der Waals surface area contributed by atoms with E-state index in [1.807, 2.05) is 48.6 Å². The number of carbonyl (C=O) groups excluding carboxylic acids is 1. The van der Waals surface area contributed by atoms with E-state index in [1.54, 1.807) is 0 Å². The van der Waals surface area contributed by atoms with Crippen LogP contribution in [0.1, 0.15) is 17.0 Å². The van der Waals surface area contributed by atoms with Crippen LogP contribution in [0.2, 0.25) is 0 Å². The molecule has 0 amide bonds. The molecular weight excluding hydrogens is 382 g/mol. The molecule has 1 fully saturated rings. The van der Waals surface area contributed by atoms with Crippen LogP contribution in [-0.2, 0) is 4.79 Å². The van der Waals surface area contributed by atoms with E-state index in [2.05, 4.69) is 52.1 Å². The lowest BCUT2D eigenvalue weighted by Crippen LogP contribution is -2.50. The molecule has 4 nitrogen and oxygen atoms in total. The summed E-state index contributed by atoms with van der Waals surface area (Å²) in [5, 5.41) is 0. The molecular formula is C27H35N3O. The van der Waals surface area contributed by atoms with Crippen LogP contribution in [0.4, 0.5) is 0 Å². The third-order valence-corrected chi connectivity index (χ3v) is 5.94. The summed E-state index contributed by atoms with van der Waals surface area (Å²) in [5.74, 6) is 0.0702. The zero-order valence-corrected chi connectivity index (χ0v) is 18.5. The summed E-state index contributed by atoms with van der Waals surface area (Å²) >= 11 is 0. The van der Waals surface area contributed by atoms with Crippen molar-refractivity contribution in [3.63, 3.8) is 0 Å². The zero-order valence-electron chi connectivity index (χ0n) is 18.5. The molecule has 0 saturated carbocycles. The lowest BCUT2D eigenvalue weighted by molar-refractivity contribution is -0.121. The molecule has 0 bridgehead atoms. The van der Waals surface area contributed by atoms with Crippen molar-refractivity contribution < 1.29 is 4.79 Å². The quantitative estimate of drug-likeness (QED) is 0.492. The highest BCUT2D eigenvalue weighted by molar-refractivity contribution is 5.90. The number of rotatable bonds is 12. The van der Waals surface area contributed by atoms with Gasteiger partial charge in [0, 0.05) is 52.4 Å². The van der Waals surface area contributed by atoms with Crippen LogP contribution in [0.5, 0.6) is 0 Å². The summed E-state index contributed by atoms with van der Waals surface area (Å²) in [6, 6.07) is 20.3. The van der Waals surface area contributed by atoms with Crippen molar-refractivity contribution >= 4 is 5.78 Å². The van der Waals surface area contributed by atoms with Crippen LogP contribution < -0.4 is 0 Å². The first-order valence-corrected chi connectivity index (χ1v) is 11.2.